The van der Waals surface area contributed by atoms with E-state index in [1.807, 2.05) is 0 Å². The number of carboxylic acid groups (broad SMARTS) is 1. The van der Waals surface area contributed by atoms with Crippen molar-refractivity contribution in [3.8, 4) is 0 Å². The molecule has 0 heterocycles. The minimum absolute atomic E-state index is 1.82. The van der Waals surface area contributed by atoms with Gasteiger partial charge in [-0.3, -0.25) is 0 Å². The van der Waals surface area contributed by atoms with Gasteiger partial charge < -0.3 is 9.84 Å². The molecule has 11 heavy (non-hydrogen) atoms. The Balaban J connectivity index is 3.82. The second kappa shape index (κ2) is 3.40. The SMILES string of the molecule is O=C(O)OCC(F)(F)C(F)F. The number of rotatable bonds is 3. The maximum Gasteiger partial charge on any atom is 0.505 e. The van der Waals surface area contributed by atoms with Crippen molar-refractivity contribution in [1.29, 1.82) is 0 Å². The van der Waals surface area contributed by atoms with Crippen molar-refractivity contribution >= 4 is 6.16 Å². The van der Waals surface area contributed by atoms with Crippen molar-refractivity contribution < 1.29 is 32.2 Å². The van der Waals surface area contributed by atoms with Crippen LogP contribution in [0.3, 0.4) is 0 Å². The van der Waals surface area contributed by atoms with Gasteiger partial charge >= 0.3 is 18.5 Å². The zero-order chi connectivity index (χ0) is 9.07. The van der Waals surface area contributed by atoms with Gasteiger partial charge in [-0.05, 0) is 0 Å². The van der Waals surface area contributed by atoms with Gasteiger partial charge in [-0.25, -0.2) is 13.6 Å². The van der Waals surface area contributed by atoms with Crippen LogP contribution >= 0.6 is 0 Å². The molecule has 0 aliphatic heterocycles. The number of alkyl halides is 4. The molecule has 3 nitrogen and oxygen atoms in total. The third-order valence-corrected chi connectivity index (χ3v) is 0.707. The lowest BCUT2D eigenvalue weighted by Gasteiger charge is -2.12. The van der Waals surface area contributed by atoms with Crippen molar-refractivity contribution in [2.45, 2.75) is 12.3 Å². The van der Waals surface area contributed by atoms with Crippen LogP contribution in [0.2, 0.25) is 0 Å². The Hall–Kier alpha value is -1.01. The first-order valence-corrected chi connectivity index (χ1v) is 2.38. The van der Waals surface area contributed by atoms with Gasteiger partial charge in [0.25, 0.3) is 0 Å². The van der Waals surface area contributed by atoms with Crippen LogP contribution in [0.1, 0.15) is 0 Å². The molecule has 1 N–H and O–H groups in total. The van der Waals surface area contributed by atoms with Crippen LogP contribution in [0.15, 0.2) is 0 Å². The predicted octanol–water partition coefficient (Wildman–Crippen LogP) is 1.58. The monoisotopic (exact) mass is 176 g/mol. The largest absolute Gasteiger partial charge is 0.505 e. The summed E-state index contributed by atoms with van der Waals surface area (Å²) < 4.78 is 49.3. The molecule has 0 spiro atoms. The number of ether oxygens (including phenoxy) is 1. The van der Waals surface area contributed by atoms with Crippen molar-refractivity contribution in [3.05, 3.63) is 0 Å². The summed E-state index contributed by atoms with van der Waals surface area (Å²) in [5.41, 5.74) is 0. The number of halogens is 4. The minimum atomic E-state index is -4.40. The molecule has 0 aliphatic carbocycles. The maximum absolute atomic E-state index is 11.8. The van der Waals surface area contributed by atoms with Gasteiger partial charge in [-0.2, -0.15) is 8.78 Å². The highest BCUT2D eigenvalue weighted by atomic mass is 19.3. The molecule has 66 valence electrons. The van der Waals surface area contributed by atoms with Gasteiger partial charge in [0.2, 0.25) is 0 Å². The third kappa shape index (κ3) is 3.64. The lowest BCUT2D eigenvalue weighted by Crippen LogP contribution is -2.33. The molecule has 7 heteroatoms. The highest BCUT2D eigenvalue weighted by Crippen LogP contribution is 2.22. The topological polar surface area (TPSA) is 46.5 Å². The summed E-state index contributed by atoms with van der Waals surface area (Å²) in [4.78, 5) is 9.47. The summed E-state index contributed by atoms with van der Waals surface area (Å²) in [5.74, 6) is -4.40. The van der Waals surface area contributed by atoms with E-state index in [1.54, 1.807) is 0 Å². The third-order valence-electron chi connectivity index (χ3n) is 0.707. The fourth-order valence-corrected chi connectivity index (χ4v) is 0.221. The lowest BCUT2D eigenvalue weighted by atomic mass is 10.4. The number of carbonyl (C=O) groups is 1. The second-order valence-electron chi connectivity index (χ2n) is 1.62. The molecule has 0 bridgehead atoms. The Kier molecular flexibility index (Phi) is 3.09. The smallest absolute Gasteiger partial charge is 0.450 e. The molecule has 0 aromatic carbocycles. The van der Waals surface area contributed by atoms with E-state index in [2.05, 4.69) is 4.74 Å². The van der Waals surface area contributed by atoms with Crippen LogP contribution in [-0.4, -0.2) is 30.2 Å². The summed E-state index contributed by atoms with van der Waals surface area (Å²) in [5, 5.41) is 7.66. The lowest BCUT2D eigenvalue weighted by molar-refractivity contribution is -0.157. The van der Waals surface area contributed by atoms with Crippen molar-refractivity contribution in [1.82, 2.24) is 0 Å². The normalized spacial score (nSPS) is 11.7. The molecule has 0 aliphatic rings. The van der Waals surface area contributed by atoms with Gasteiger partial charge in [0.05, 0.1) is 0 Å². The van der Waals surface area contributed by atoms with Crippen LogP contribution in [0.25, 0.3) is 0 Å². The molecule has 0 radical (unpaired) electrons. The summed E-state index contributed by atoms with van der Waals surface area (Å²) in [6.07, 6.45) is -5.92. The molecule has 0 fully saturated rings. The molecular weight excluding hydrogens is 172 g/mol. The molecular formula is C4H4F4O3. The average molecular weight is 176 g/mol. The fraction of sp³-hybridized carbons (Fsp3) is 0.750. The van der Waals surface area contributed by atoms with Crippen molar-refractivity contribution in [2.24, 2.45) is 0 Å². The minimum Gasteiger partial charge on any atom is -0.450 e. The molecule has 0 unspecified atom stereocenters. The van der Waals surface area contributed by atoms with Crippen molar-refractivity contribution in [2.75, 3.05) is 6.61 Å². The Labute approximate surface area is 58.6 Å². The van der Waals surface area contributed by atoms with Gasteiger partial charge in [0.1, 0.15) is 0 Å². The summed E-state index contributed by atoms with van der Waals surface area (Å²) in [6, 6.07) is 0. The first-order chi connectivity index (χ1) is 4.86. The van der Waals surface area contributed by atoms with Crippen molar-refractivity contribution in [3.63, 3.8) is 0 Å². The summed E-state index contributed by atoms with van der Waals surface area (Å²) in [6.45, 7) is -1.82. The summed E-state index contributed by atoms with van der Waals surface area (Å²) in [7, 11) is 0. The zero-order valence-electron chi connectivity index (χ0n) is 5.06. The molecule has 0 saturated heterocycles. The standard InChI is InChI=1S/C4H4F4O3/c5-2(6)4(7,8)1-11-3(9)10/h2H,1H2,(H,9,10). The van der Waals surface area contributed by atoms with E-state index in [9.17, 15) is 22.4 Å². The van der Waals surface area contributed by atoms with E-state index in [0.717, 1.165) is 0 Å². The first-order valence-electron chi connectivity index (χ1n) is 2.38. The Morgan fingerprint density at radius 2 is 2.00 bits per heavy atom. The molecule has 0 aromatic rings. The number of hydrogen-bond acceptors (Lipinski definition) is 2. The van der Waals surface area contributed by atoms with E-state index in [1.165, 1.54) is 0 Å². The highest BCUT2D eigenvalue weighted by molar-refractivity contribution is 5.56. The van der Waals surface area contributed by atoms with Gasteiger partial charge in [-0.15, -0.1) is 0 Å². The first kappa shape index (κ1) is 9.99. The fourth-order valence-electron chi connectivity index (χ4n) is 0.221. The second-order valence-corrected chi connectivity index (χ2v) is 1.62. The van der Waals surface area contributed by atoms with Crippen LogP contribution in [-0.2, 0) is 4.74 Å². The Bertz CT molecular complexity index is 146. The van der Waals surface area contributed by atoms with Crippen LogP contribution in [0.4, 0.5) is 22.4 Å². The molecule has 0 amide bonds. The van der Waals surface area contributed by atoms with Gasteiger partial charge in [0.15, 0.2) is 6.61 Å². The van der Waals surface area contributed by atoms with Crippen LogP contribution in [0, 0.1) is 0 Å². The zero-order valence-corrected chi connectivity index (χ0v) is 5.06. The quantitative estimate of drug-likeness (QED) is 0.524. The summed E-state index contributed by atoms with van der Waals surface area (Å²) >= 11 is 0. The van der Waals surface area contributed by atoms with E-state index in [-0.39, 0.29) is 0 Å². The average Bonchev–Trinajstić information content (AvgIpc) is 1.84. The van der Waals surface area contributed by atoms with E-state index < -0.39 is 25.1 Å². The van der Waals surface area contributed by atoms with Gasteiger partial charge in [-0.1, -0.05) is 0 Å². The van der Waals surface area contributed by atoms with E-state index in [4.69, 9.17) is 5.11 Å². The number of hydrogen-bond donors (Lipinski definition) is 1. The highest BCUT2D eigenvalue weighted by Gasteiger charge is 2.42. The van der Waals surface area contributed by atoms with Gasteiger partial charge in [0, 0.05) is 0 Å². The molecule has 0 aromatic heterocycles. The molecule has 0 saturated carbocycles. The molecule has 0 rings (SSSR count). The van der Waals surface area contributed by atoms with Crippen LogP contribution in [0.5, 0.6) is 0 Å². The molecule has 0 atom stereocenters. The van der Waals surface area contributed by atoms with Crippen LogP contribution < -0.4 is 0 Å². The maximum atomic E-state index is 11.8. The predicted molar refractivity (Wildman–Crippen MR) is 24.9 cm³/mol. The Morgan fingerprint density at radius 3 is 2.27 bits per heavy atom. The van der Waals surface area contributed by atoms with E-state index >= 15 is 0 Å². The Morgan fingerprint density at radius 1 is 1.55 bits per heavy atom. The van der Waals surface area contributed by atoms with E-state index in [0.29, 0.717) is 0 Å².